The van der Waals surface area contributed by atoms with Crippen molar-refractivity contribution in [1.29, 1.82) is 0 Å². The van der Waals surface area contributed by atoms with Gasteiger partial charge in [-0.15, -0.1) is 11.6 Å². The van der Waals surface area contributed by atoms with E-state index in [2.05, 4.69) is 6.07 Å². The van der Waals surface area contributed by atoms with Crippen molar-refractivity contribution in [1.82, 2.24) is 0 Å². The molecule has 0 aromatic heterocycles. The van der Waals surface area contributed by atoms with Crippen LogP contribution in [0.25, 0.3) is 0 Å². The molecule has 0 saturated carbocycles. The standard InChI is InChI=1S/C13H7Cl2O.Na/c14-11-5-1-9(2-6-11)13(16)10-3-7-12(15)8-4-10;/h1-7H;/q-1;+1. The van der Waals surface area contributed by atoms with Crippen molar-refractivity contribution in [2.45, 2.75) is 0 Å². The molecule has 17 heavy (non-hydrogen) atoms. The van der Waals surface area contributed by atoms with Crippen LogP contribution in [-0.4, -0.2) is 5.78 Å². The van der Waals surface area contributed by atoms with E-state index in [1.807, 2.05) is 0 Å². The Morgan fingerprint density at radius 2 is 1.53 bits per heavy atom. The number of carbonyl (C=O) groups is 1. The SMILES string of the molecule is O=C(c1c[c-]c(Cl)cc1)c1ccc(Cl)cc1.[Na+]. The van der Waals surface area contributed by atoms with Crippen LogP contribution in [0.1, 0.15) is 15.9 Å². The number of hydrogen-bond donors (Lipinski definition) is 0. The quantitative estimate of drug-likeness (QED) is 0.454. The molecule has 2 rings (SSSR count). The van der Waals surface area contributed by atoms with Crippen LogP contribution in [0.5, 0.6) is 0 Å². The third-order valence-corrected chi connectivity index (χ3v) is 2.63. The molecule has 0 fully saturated rings. The Kier molecular flexibility index (Phi) is 5.71. The second kappa shape index (κ2) is 6.58. The van der Waals surface area contributed by atoms with E-state index in [0.717, 1.165) is 0 Å². The molecule has 0 aliphatic rings. The molecule has 0 amide bonds. The molecule has 0 atom stereocenters. The zero-order valence-corrected chi connectivity index (χ0v) is 12.7. The van der Waals surface area contributed by atoms with Gasteiger partial charge in [0.1, 0.15) is 5.78 Å². The van der Waals surface area contributed by atoms with Crippen LogP contribution < -0.4 is 29.6 Å². The topological polar surface area (TPSA) is 17.1 Å². The maximum absolute atomic E-state index is 12.0. The summed E-state index contributed by atoms with van der Waals surface area (Å²) in [6.07, 6.45) is 0. The number of ketones is 1. The summed E-state index contributed by atoms with van der Waals surface area (Å²) >= 11 is 11.4. The first-order chi connectivity index (χ1) is 7.66. The van der Waals surface area contributed by atoms with Crippen molar-refractivity contribution in [2.24, 2.45) is 0 Å². The summed E-state index contributed by atoms with van der Waals surface area (Å²) in [7, 11) is 0. The Morgan fingerprint density at radius 3 is 2.06 bits per heavy atom. The third-order valence-electron chi connectivity index (χ3n) is 2.14. The normalized spacial score (nSPS) is 9.53. The molecule has 80 valence electrons. The first-order valence-electron chi connectivity index (χ1n) is 4.64. The van der Waals surface area contributed by atoms with E-state index in [-0.39, 0.29) is 35.3 Å². The molecule has 0 saturated heterocycles. The number of halogens is 2. The molecule has 4 heteroatoms. The molecule has 0 aliphatic heterocycles. The summed E-state index contributed by atoms with van der Waals surface area (Å²) in [5.74, 6) is -0.0652. The van der Waals surface area contributed by atoms with E-state index in [4.69, 9.17) is 23.2 Å². The predicted molar refractivity (Wildman–Crippen MR) is 65.2 cm³/mol. The average molecular weight is 273 g/mol. The van der Waals surface area contributed by atoms with Crippen LogP contribution in [0.4, 0.5) is 0 Å². The fourth-order valence-corrected chi connectivity index (χ4v) is 1.56. The average Bonchev–Trinajstić information content (AvgIpc) is 2.30. The maximum atomic E-state index is 12.0. The summed E-state index contributed by atoms with van der Waals surface area (Å²) in [6, 6.07) is 14.4. The van der Waals surface area contributed by atoms with Gasteiger partial charge in [-0.05, 0) is 12.1 Å². The Labute approximate surface area is 132 Å². The number of hydrogen-bond acceptors (Lipinski definition) is 1. The summed E-state index contributed by atoms with van der Waals surface area (Å²) in [5, 5.41) is 1.10. The number of carbonyl (C=O) groups excluding carboxylic acids is 1. The summed E-state index contributed by atoms with van der Waals surface area (Å²) < 4.78 is 0. The fraction of sp³-hybridized carbons (Fsp3) is 0. The summed E-state index contributed by atoms with van der Waals surface area (Å²) in [4.78, 5) is 12.0. The van der Waals surface area contributed by atoms with Gasteiger partial charge >= 0.3 is 29.6 Å². The van der Waals surface area contributed by atoms with E-state index in [1.54, 1.807) is 42.5 Å². The number of rotatable bonds is 2. The molecule has 1 nitrogen and oxygen atoms in total. The Hall–Kier alpha value is -0.310. The van der Waals surface area contributed by atoms with Crippen LogP contribution >= 0.6 is 23.2 Å². The monoisotopic (exact) mass is 272 g/mol. The van der Waals surface area contributed by atoms with E-state index < -0.39 is 0 Å². The Balaban J connectivity index is 0.00000144. The molecular formula is C13H7Cl2NaO. The van der Waals surface area contributed by atoms with Gasteiger partial charge < -0.3 is 4.79 Å². The smallest absolute Gasteiger partial charge is 0.303 e. The maximum Gasteiger partial charge on any atom is 1.00 e. The zero-order valence-electron chi connectivity index (χ0n) is 9.21. The largest absolute Gasteiger partial charge is 1.00 e. The molecule has 0 radical (unpaired) electrons. The van der Waals surface area contributed by atoms with Crippen LogP contribution in [-0.2, 0) is 0 Å². The van der Waals surface area contributed by atoms with Gasteiger partial charge in [0.2, 0.25) is 0 Å². The van der Waals surface area contributed by atoms with Crippen molar-refractivity contribution >= 4 is 29.0 Å². The van der Waals surface area contributed by atoms with Crippen molar-refractivity contribution in [3.05, 3.63) is 69.7 Å². The van der Waals surface area contributed by atoms with Gasteiger partial charge in [-0.2, -0.15) is 24.3 Å². The van der Waals surface area contributed by atoms with E-state index in [1.165, 1.54) is 0 Å². The molecule has 0 heterocycles. The van der Waals surface area contributed by atoms with Gasteiger partial charge in [0.25, 0.3) is 0 Å². The summed E-state index contributed by atoms with van der Waals surface area (Å²) in [6.45, 7) is 0. The van der Waals surface area contributed by atoms with Crippen LogP contribution in [0, 0.1) is 6.07 Å². The molecule has 0 unspecified atom stereocenters. The summed E-state index contributed by atoms with van der Waals surface area (Å²) in [5.41, 5.74) is 1.16. The van der Waals surface area contributed by atoms with Gasteiger partial charge in [0, 0.05) is 10.6 Å². The minimum atomic E-state index is -0.0652. The van der Waals surface area contributed by atoms with Crippen LogP contribution in [0.2, 0.25) is 10.0 Å². The second-order valence-electron chi connectivity index (χ2n) is 3.26. The molecular weight excluding hydrogens is 266 g/mol. The van der Waals surface area contributed by atoms with Crippen molar-refractivity contribution in [3.8, 4) is 0 Å². The Bertz CT molecular complexity index is 458. The minimum Gasteiger partial charge on any atom is -0.303 e. The van der Waals surface area contributed by atoms with Crippen LogP contribution in [0.3, 0.4) is 0 Å². The predicted octanol–water partition coefficient (Wildman–Crippen LogP) is 1.03. The zero-order chi connectivity index (χ0) is 11.5. The van der Waals surface area contributed by atoms with Gasteiger partial charge in [0.05, 0.1) is 0 Å². The fourth-order valence-electron chi connectivity index (χ4n) is 1.32. The van der Waals surface area contributed by atoms with Crippen molar-refractivity contribution in [2.75, 3.05) is 0 Å². The van der Waals surface area contributed by atoms with E-state index in [9.17, 15) is 4.79 Å². The third kappa shape index (κ3) is 3.84. The molecule has 2 aromatic rings. The first-order valence-corrected chi connectivity index (χ1v) is 5.40. The van der Waals surface area contributed by atoms with Crippen molar-refractivity contribution < 1.29 is 34.4 Å². The van der Waals surface area contributed by atoms with E-state index >= 15 is 0 Å². The minimum absolute atomic E-state index is 0. The van der Waals surface area contributed by atoms with Gasteiger partial charge in [-0.1, -0.05) is 34.3 Å². The van der Waals surface area contributed by atoms with Crippen molar-refractivity contribution in [3.63, 3.8) is 0 Å². The molecule has 0 N–H and O–H groups in total. The molecule has 0 aliphatic carbocycles. The van der Waals surface area contributed by atoms with Gasteiger partial charge in [-0.25, -0.2) is 0 Å². The van der Waals surface area contributed by atoms with Crippen LogP contribution in [0.15, 0.2) is 42.5 Å². The molecule has 0 spiro atoms. The first kappa shape index (κ1) is 14.7. The Morgan fingerprint density at radius 1 is 0.941 bits per heavy atom. The molecule has 0 bridgehead atoms. The number of benzene rings is 2. The van der Waals surface area contributed by atoms with Gasteiger partial charge in [0.15, 0.2) is 0 Å². The van der Waals surface area contributed by atoms with Gasteiger partial charge in [-0.3, -0.25) is 0 Å². The second-order valence-corrected chi connectivity index (χ2v) is 4.10. The van der Waals surface area contributed by atoms with E-state index in [0.29, 0.717) is 21.2 Å². The molecule has 2 aromatic carbocycles.